The lowest BCUT2D eigenvalue weighted by molar-refractivity contribution is -0.909. The molecule has 0 aliphatic carbocycles. The molecule has 1 aliphatic heterocycles. The number of rotatable bonds is 5. The van der Waals surface area contributed by atoms with E-state index in [1.807, 2.05) is 36.4 Å². The summed E-state index contributed by atoms with van der Waals surface area (Å²) < 4.78 is 10.5. The molecule has 2 heterocycles. The van der Waals surface area contributed by atoms with Gasteiger partial charge in [-0.1, -0.05) is 18.2 Å². The maximum Gasteiger partial charge on any atom is 0.312 e. The average molecular weight is 396 g/mol. The number of hydrogen-bond donors (Lipinski definition) is 3. The van der Waals surface area contributed by atoms with Crippen molar-refractivity contribution < 1.29 is 28.4 Å². The topological polar surface area (TPSA) is 102 Å². The summed E-state index contributed by atoms with van der Waals surface area (Å²) in [4.78, 5) is 37.1. The summed E-state index contributed by atoms with van der Waals surface area (Å²) in [5, 5.41) is 7.53. The second kappa shape index (κ2) is 7.92. The van der Waals surface area contributed by atoms with Gasteiger partial charge < -0.3 is 24.7 Å². The van der Waals surface area contributed by atoms with Gasteiger partial charge in [-0.25, -0.2) is 0 Å². The van der Waals surface area contributed by atoms with Crippen molar-refractivity contribution in [1.82, 2.24) is 5.32 Å². The molecule has 4 rings (SSSR count). The maximum atomic E-state index is 12.6. The summed E-state index contributed by atoms with van der Waals surface area (Å²) in [5.41, 5.74) is 2.19. The number of amides is 2. The minimum absolute atomic E-state index is 0.0576. The summed E-state index contributed by atoms with van der Waals surface area (Å²) in [5.74, 6) is -0.935. The lowest BCUT2D eigenvalue weighted by Gasteiger charge is -2.30. The molecule has 0 spiro atoms. The fourth-order valence-corrected chi connectivity index (χ4v) is 3.74. The van der Waals surface area contributed by atoms with Crippen LogP contribution < -0.4 is 15.5 Å². The molecule has 1 unspecified atom stereocenters. The number of methoxy groups -OCH3 is 1. The van der Waals surface area contributed by atoms with E-state index in [4.69, 9.17) is 4.42 Å². The van der Waals surface area contributed by atoms with Crippen molar-refractivity contribution in [2.45, 2.75) is 12.5 Å². The molecule has 1 aliphatic rings. The number of furan rings is 1. The normalized spacial score (nSPS) is 19.1. The molecule has 3 aromatic rings. The first-order valence-electron chi connectivity index (χ1n) is 9.45. The number of carbonyl (C=O) groups is 3. The molecule has 150 valence electrons. The van der Waals surface area contributed by atoms with E-state index in [1.165, 1.54) is 7.11 Å². The number of piperazine rings is 1. The van der Waals surface area contributed by atoms with Gasteiger partial charge in [-0.3, -0.25) is 14.4 Å². The third-order valence-electron chi connectivity index (χ3n) is 5.20. The van der Waals surface area contributed by atoms with Crippen LogP contribution in [-0.2, 0) is 19.1 Å². The molecule has 1 aromatic heterocycles. The maximum absolute atomic E-state index is 12.6. The molecular formula is C21H22N3O5+. The molecule has 2 aromatic carbocycles. The summed E-state index contributed by atoms with van der Waals surface area (Å²) in [6.45, 7) is 1.11. The molecule has 29 heavy (non-hydrogen) atoms. The van der Waals surface area contributed by atoms with Crippen molar-refractivity contribution in [3.63, 3.8) is 0 Å². The molecule has 2 amide bonds. The SMILES string of the molecule is COC(=O)C[C@@H]1C(=O)NCC[NH+]1CC(=O)Nc1ccc2oc3ccccc3c2c1. The first-order valence-corrected chi connectivity index (χ1v) is 9.45. The van der Waals surface area contributed by atoms with Gasteiger partial charge in [-0.2, -0.15) is 0 Å². The molecule has 0 radical (unpaired) electrons. The van der Waals surface area contributed by atoms with Crippen molar-refractivity contribution in [2.24, 2.45) is 0 Å². The summed E-state index contributed by atoms with van der Waals surface area (Å²) in [6, 6.07) is 12.6. The molecule has 8 heteroatoms. The molecule has 2 atom stereocenters. The first kappa shape index (κ1) is 18.9. The fourth-order valence-electron chi connectivity index (χ4n) is 3.74. The number of nitrogens with one attached hydrogen (secondary N) is 3. The Morgan fingerprint density at radius 3 is 2.83 bits per heavy atom. The highest BCUT2D eigenvalue weighted by atomic mass is 16.5. The van der Waals surface area contributed by atoms with Crippen molar-refractivity contribution >= 4 is 45.4 Å². The summed E-state index contributed by atoms with van der Waals surface area (Å²) in [7, 11) is 1.28. The van der Waals surface area contributed by atoms with E-state index in [-0.39, 0.29) is 24.8 Å². The van der Waals surface area contributed by atoms with Gasteiger partial charge in [0.2, 0.25) is 0 Å². The monoisotopic (exact) mass is 396 g/mol. The second-order valence-electron chi connectivity index (χ2n) is 7.07. The molecule has 1 saturated heterocycles. The van der Waals surface area contributed by atoms with Crippen LogP contribution in [0, 0.1) is 0 Å². The van der Waals surface area contributed by atoms with Gasteiger partial charge in [0.15, 0.2) is 12.6 Å². The lowest BCUT2D eigenvalue weighted by Crippen LogP contribution is -3.20. The number of para-hydroxylation sites is 1. The quantitative estimate of drug-likeness (QED) is 0.544. The van der Waals surface area contributed by atoms with E-state index < -0.39 is 12.0 Å². The number of ether oxygens (including phenoxy) is 1. The number of quaternary nitrogens is 1. The van der Waals surface area contributed by atoms with Crippen LogP contribution in [0.1, 0.15) is 6.42 Å². The number of anilines is 1. The van der Waals surface area contributed by atoms with Gasteiger partial charge in [-0.05, 0) is 24.3 Å². The van der Waals surface area contributed by atoms with Crippen LogP contribution in [0.15, 0.2) is 46.9 Å². The Hall–Kier alpha value is -3.39. The fraction of sp³-hybridized carbons (Fsp3) is 0.286. The van der Waals surface area contributed by atoms with Crippen LogP contribution in [0.5, 0.6) is 0 Å². The second-order valence-corrected chi connectivity index (χ2v) is 7.07. The van der Waals surface area contributed by atoms with Gasteiger partial charge >= 0.3 is 5.97 Å². The van der Waals surface area contributed by atoms with Crippen molar-refractivity contribution in [2.75, 3.05) is 32.1 Å². The predicted molar refractivity (Wildman–Crippen MR) is 106 cm³/mol. The van der Waals surface area contributed by atoms with E-state index in [2.05, 4.69) is 15.4 Å². The molecule has 0 saturated carbocycles. The van der Waals surface area contributed by atoms with Crippen LogP contribution in [0.25, 0.3) is 21.9 Å². The zero-order valence-corrected chi connectivity index (χ0v) is 16.0. The molecule has 0 bridgehead atoms. The van der Waals surface area contributed by atoms with Crippen molar-refractivity contribution in [1.29, 1.82) is 0 Å². The highest BCUT2D eigenvalue weighted by Crippen LogP contribution is 2.30. The smallest absolute Gasteiger partial charge is 0.312 e. The summed E-state index contributed by atoms with van der Waals surface area (Å²) >= 11 is 0. The molecule has 8 nitrogen and oxygen atoms in total. The van der Waals surface area contributed by atoms with Crippen LogP contribution in [0.2, 0.25) is 0 Å². The molecule has 3 N–H and O–H groups in total. The van der Waals surface area contributed by atoms with Crippen LogP contribution in [-0.4, -0.2) is 50.6 Å². The highest BCUT2D eigenvalue weighted by molar-refractivity contribution is 6.07. The number of hydrogen-bond acceptors (Lipinski definition) is 5. The zero-order valence-electron chi connectivity index (χ0n) is 16.0. The Bertz CT molecular complexity index is 1090. The Kier molecular flexibility index (Phi) is 5.18. The predicted octanol–water partition coefficient (Wildman–Crippen LogP) is 0.471. The van der Waals surface area contributed by atoms with Gasteiger partial charge in [-0.15, -0.1) is 0 Å². The van der Waals surface area contributed by atoms with Gasteiger partial charge in [0, 0.05) is 16.5 Å². The average Bonchev–Trinajstić information content (AvgIpc) is 3.08. The van der Waals surface area contributed by atoms with E-state index in [0.29, 0.717) is 18.8 Å². The van der Waals surface area contributed by atoms with E-state index in [1.54, 1.807) is 6.07 Å². The number of benzene rings is 2. The summed E-state index contributed by atoms with van der Waals surface area (Å²) in [6.07, 6.45) is -0.0576. The number of carbonyl (C=O) groups excluding carboxylic acids is 3. The molecular weight excluding hydrogens is 374 g/mol. The third-order valence-corrected chi connectivity index (χ3v) is 5.20. The van der Waals surface area contributed by atoms with Crippen LogP contribution >= 0.6 is 0 Å². The van der Waals surface area contributed by atoms with E-state index >= 15 is 0 Å². The lowest BCUT2D eigenvalue weighted by atomic mass is 10.1. The number of fused-ring (bicyclic) bond motifs is 3. The van der Waals surface area contributed by atoms with Gasteiger partial charge in [0.25, 0.3) is 11.8 Å². The Labute approximate surface area is 166 Å². The minimum atomic E-state index is -0.637. The zero-order chi connectivity index (χ0) is 20.4. The Morgan fingerprint density at radius 1 is 1.21 bits per heavy atom. The van der Waals surface area contributed by atoms with E-state index in [0.717, 1.165) is 26.8 Å². The number of esters is 1. The van der Waals surface area contributed by atoms with Gasteiger partial charge in [0.1, 0.15) is 17.6 Å². The van der Waals surface area contributed by atoms with Crippen molar-refractivity contribution in [3.05, 3.63) is 42.5 Å². The standard InChI is InChI=1S/C21H21N3O5/c1-28-20(26)11-16-21(27)22-8-9-24(16)12-19(25)23-13-6-7-18-15(10-13)14-4-2-3-5-17(14)29-18/h2-7,10,16H,8-9,11-12H2,1H3,(H,22,27)(H,23,25)/p+1/t16-/m1/s1. The van der Waals surface area contributed by atoms with Crippen LogP contribution in [0.3, 0.4) is 0 Å². The van der Waals surface area contributed by atoms with E-state index in [9.17, 15) is 14.4 Å². The first-order chi connectivity index (χ1) is 14.0. The van der Waals surface area contributed by atoms with Crippen molar-refractivity contribution in [3.8, 4) is 0 Å². The van der Waals surface area contributed by atoms with Crippen LogP contribution in [0.4, 0.5) is 5.69 Å². The molecule has 1 fully saturated rings. The Morgan fingerprint density at radius 2 is 2.00 bits per heavy atom. The highest BCUT2D eigenvalue weighted by Gasteiger charge is 2.36. The Balaban J connectivity index is 1.49. The minimum Gasteiger partial charge on any atom is -0.469 e. The van der Waals surface area contributed by atoms with Gasteiger partial charge in [0.05, 0.1) is 20.2 Å². The largest absolute Gasteiger partial charge is 0.469 e. The third kappa shape index (κ3) is 3.93.